The molecule has 1 aromatic rings. The summed E-state index contributed by atoms with van der Waals surface area (Å²) in [6.07, 6.45) is 8.96. The lowest BCUT2D eigenvalue weighted by Crippen LogP contribution is -2.50. The van der Waals surface area contributed by atoms with Crippen molar-refractivity contribution in [3.05, 3.63) is 22.4 Å². The van der Waals surface area contributed by atoms with E-state index < -0.39 is 0 Å². The number of nitrogens with one attached hydrogen (secondary N) is 1. The summed E-state index contributed by atoms with van der Waals surface area (Å²) in [6, 6.07) is 4.50. The van der Waals surface area contributed by atoms with E-state index in [4.69, 9.17) is 0 Å². The molecule has 0 radical (unpaired) electrons. The van der Waals surface area contributed by atoms with Crippen molar-refractivity contribution in [3.8, 4) is 0 Å². The SMILES string of the molecule is O=C(N[C@H](c1cccs1)C1CCCC1)[C@H]1CCCN(C(=O)N2CCCC2)C1. The first-order valence-corrected chi connectivity index (χ1v) is 11.5. The van der Waals surface area contributed by atoms with Gasteiger partial charge in [-0.05, 0) is 55.9 Å². The number of nitrogens with zero attached hydrogens (tertiary/aromatic N) is 2. The molecular formula is C21H31N3O2S. The average Bonchev–Trinajstić information content (AvgIpc) is 3.48. The Morgan fingerprint density at radius 3 is 2.44 bits per heavy atom. The van der Waals surface area contributed by atoms with Crippen LogP contribution in [0.25, 0.3) is 0 Å². The van der Waals surface area contributed by atoms with Crippen molar-refractivity contribution >= 4 is 23.3 Å². The van der Waals surface area contributed by atoms with Crippen LogP contribution in [-0.2, 0) is 4.79 Å². The Labute approximate surface area is 166 Å². The molecule has 3 amide bonds. The van der Waals surface area contributed by atoms with Gasteiger partial charge in [-0.15, -0.1) is 11.3 Å². The normalized spacial score (nSPS) is 25.0. The van der Waals surface area contributed by atoms with Gasteiger partial charge in [-0.25, -0.2) is 4.79 Å². The molecule has 3 fully saturated rings. The Hall–Kier alpha value is -1.56. The van der Waals surface area contributed by atoms with Crippen LogP contribution < -0.4 is 5.32 Å². The van der Waals surface area contributed by atoms with Crippen molar-refractivity contribution in [2.75, 3.05) is 26.2 Å². The monoisotopic (exact) mass is 389 g/mol. The zero-order valence-corrected chi connectivity index (χ0v) is 16.9. The molecule has 1 aromatic heterocycles. The summed E-state index contributed by atoms with van der Waals surface area (Å²) in [7, 11) is 0. The van der Waals surface area contributed by atoms with Crippen LogP contribution in [0.2, 0.25) is 0 Å². The van der Waals surface area contributed by atoms with Gasteiger partial charge in [0.15, 0.2) is 0 Å². The molecule has 1 aliphatic carbocycles. The van der Waals surface area contributed by atoms with E-state index in [0.29, 0.717) is 12.5 Å². The molecule has 5 nitrogen and oxygen atoms in total. The smallest absolute Gasteiger partial charge is 0.320 e. The van der Waals surface area contributed by atoms with E-state index in [9.17, 15) is 9.59 Å². The molecule has 6 heteroatoms. The van der Waals surface area contributed by atoms with E-state index >= 15 is 0 Å². The molecule has 3 aliphatic rings. The minimum atomic E-state index is -0.0748. The van der Waals surface area contributed by atoms with Crippen molar-refractivity contribution in [1.82, 2.24) is 15.1 Å². The number of piperidine rings is 1. The second-order valence-corrected chi connectivity index (χ2v) is 9.29. The zero-order chi connectivity index (χ0) is 18.6. The molecule has 27 heavy (non-hydrogen) atoms. The first kappa shape index (κ1) is 18.8. The number of thiophene rings is 1. The molecule has 1 N–H and O–H groups in total. The van der Waals surface area contributed by atoms with Gasteiger partial charge in [-0.1, -0.05) is 18.9 Å². The highest BCUT2D eigenvalue weighted by atomic mass is 32.1. The Bertz CT molecular complexity index is 636. The number of likely N-dealkylation sites (tertiary alicyclic amines) is 2. The van der Waals surface area contributed by atoms with Gasteiger partial charge in [0.25, 0.3) is 0 Å². The summed E-state index contributed by atoms with van der Waals surface area (Å²) >= 11 is 1.74. The van der Waals surface area contributed by atoms with Crippen LogP contribution in [-0.4, -0.2) is 47.9 Å². The number of amides is 3. The van der Waals surface area contributed by atoms with E-state index in [1.54, 1.807) is 11.3 Å². The first-order chi connectivity index (χ1) is 13.2. The lowest BCUT2D eigenvalue weighted by Gasteiger charge is -2.35. The van der Waals surface area contributed by atoms with E-state index in [0.717, 1.165) is 45.3 Å². The predicted octanol–water partition coefficient (Wildman–Crippen LogP) is 4.02. The summed E-state index contributed by atoms with van der Waals surface area (Å²) in [5.41, 5.74) is 0. The van der Waals surface area contributed by atoms with Crippen LogP contribution in [0.15, 0.2) is 17.5 Å². The number of carbonyl (C=O) groups is 2. The van der Waals surface area contributed by atoms with E-state index in [2.05, 4.69) is 22.8 Å². The second kappa shape index (κ2) is 8.63. The van der Waals surface area contributed by atoms with Crippen LogP contribution in [0.1, 0.15) is 62.3 Å². The van der Waals surface area contributed by atoms with E-state index in [-0.39, 0.29) is 23.9 Å². The number of hydrogen-bond acceptors (Lipinski definition) is 3. The lowest BCUT2D eigenvalue weighted by molar-refractivity contribution is -0.127. The fourth-order valence-corrected chi connectivity index (χ4v) is 5.79. The lowest BCUT2D eigenvalue weighted by atomic mass is 9.93. The fourth-order valence-electron chi connectivity index (χ4n) is 4.92. The van der Waals surface area contributed by atoms with Crippen molar-refractivity contribution in [2.45, 2.75) is 57.4 Å². The van der Waals surface area contributed by atoms with Crippen LogP contribution in [0, 0.1) is 11.8 Å². The number of hydrogen-bond donors (Lipinski definition) is 1. The van der Waals surface area contributed by atoms with Crippen molar-refractivity contribution < 1.29 is 9.59 Å². The second-order valence-electron chi connectivity index (χ2n) is 8.31. The highest BCUT2D eigenvalue weighted by molar-refractivity contribution is 7.10. The number of rotatable bonds is 4. The number of urea groups is 1. The van der Waals surface area contributed by atoms with E-state index in [1.165, 1.54) is 30.6 Å². The van der Waals surface area contributed by atoms with Gasteiger partial charge in [-0.3, -0.25) is 4.79 Å². The summed E-state index contributed by atoms with van der Waals surface area (Å²) in [5, 5.41) is 5.48. The Balaban J connectivity index is 1.39. The molecule has 1 saturated carbocycles. The summed E-state index contributed by atoms with van der Waals surface area (Å²) in [6.45, 7) is 3.10. The Morgan fingerprint density at radius 1 is 1.00 bits per heavy atom. The zero-order valence-electron chi connectivity index (χ0n) is 16.1. The Morgan fingerprint density at radius 2 is 1.74 bits per heavy atom. The summed E-state index contributed by atoms with van der Waals surface area (Å²) in [5.74, 6) is 0.618. The van der Waals surface area contributed by atoms with Crippen molar-refractivity contribution in [3.63, 3.8) is 0 Å². The van der Waals surface area contributed by atoms with Gasteiger partial charge in [0.1, 0.15) is 0 Å². The molecule has 2 saturated heterocycles. The predicted molar refractivity (Wildman–Crippen MR) is 108 cm³/mol. The van der Waals surface area contributed by atoms with Crippen molar-refractivity contribution in [2.24, 2.45) is 11.8 Å². The molecule has 0 aromatic carbocycles. The third kappa shape index (κ3) is 4.31. The maximum Gasteiger partial charge on any atom is 0.320 e. The summed E-state index contributed by atoms with van der Waals surface area (Å²) in [4.78, 5) is 30.9. The maximum atomic E-state index is 13.1. The molecule has 2 aliphatic heterocycles. The van der Waals surface area contributed by atoms with Crippen LogP contribution in [0.5, 0.6) is 0 Å². The molecule has 0 bridgehead atoms. The highest BCUT2D eigenvalue weighted by Gasteiger charge is 2.34. The molecule has 2 atom stereocenters. The van der Waals surface area contributed by atoms with Crippen LogP contribution in [0.3, 0.4) is 0 Å². The molecule has 3 heterocycles. The largest absolute Gasteiger partial charge is 0.348 e. The standard InChI is InChI=1S/C21H31N3O2S/c25-20(22-19(16-7-1-2-8-16)18-10-6-14-27-18)17-9-5-13-24(15-17)21(26)23-11-3-4-12-23/h6,10,14,16-17,19H,1-5,7-9,11-13,15H2,(H,22,25)/t17-,19-/m0/s1. The third-order valence-corrected chi connectivity index (χ3v) is 7.41. The highest BCUT2D eigenvalue weighted by Crippen LogP contribution is 2.37. The third-order valence-electron chi connectivity index (χ3n) is 6.46. The topological polar surface area (TPSA) is 52.7 Å². The summed E-state index contributed by atoms with van der Waals surface area (Å²) < 4.78 is 0. The number of carbonyl (C=O) groups excluding carboxylic acids is 2. The van der Waals surface area contributed by atoms with E-state index in [1.807, 2.05) is 9.80 Å². The molecule has 148 valence electrons. The molecule has 4 rings (SSSR count). The minimum Gasteiger partial charge on any atom is -0.348 e. The molecular weight excluding hydrogens is 358 g/mol. The van der Waals surface area contributed by atoms with Gasteiger partial charge < -0.3 is 15.1 Å². The van der Waals surface area contributed by atoms with Gasteiger partial charge in [-0.2, -0.15) is 0 Å². The fraction of sp³-hybridized carbons (Fsp3) is 0.714. The van der Waals surface area contributed by atoms with Gasteiger partial charge in [0, 0.05) is 31.1 Å². The maximum absolute atomic E-state index is 13.1. The Kier molecular flexibility index (Phi) is 6.01. The first-order valence-electron chi connectivity index (χ1n) is 10.6. The van der Waals surface area contributed by atoms with Crippen molar-refractivity contribution in [1.29, 1.82) is 0 Å². The molecule has 0 spiro atoms. The van der Waals surface area contributed by atoms with Crippen LogP contribution in [0.4, 0.5) is 4.79 Å². The van der Waals surface area contributed by atoms with Gasteiger partial charge in [0.2, 0.25) is 5.91 Å². The van der Waals surface area contributed by atoms with Crippen LogP contribution >= 0.6 is 11.3 Å². The van der Waals surface area contributed by atoms with Gasteiger partial charge in [0.05, 0.1) is 12.0 Å². The molecule has 0 unspecified atom stereocenters. The van der Waals surface area contributed by atoms with Gasteiger partial charge >= 0.3 is 6.03 Å². The average molecular weight is 390 g/mol. The minimum absolute atomic E-state index is 0.0748. The quantitative estimate of drug-likeness (QED) is 0.845.